The Morgan fingerprint density at radius 3 is 2.71 bits per heavy atom. The number of benzene rings is 2. The Kier molecular flexibility index (Phi) is 5.13. The molecule has 0 amide bonds. The lowest BCUT2D eigenvalue weighted by Gasteiger charge is -2.20. The number of aromatic amines is 1. The molecular weight excluding hydrogens is 394 g/mol. The maximum Gasteiger partial charge on any atom is 0.326 e. The van der Waals surface area contributed by atoms with Crippen molar-refractivity contribution in [3.8, 4) is 6.07 Å². The molecule has 0 bridgehead atoms. The van der Waals surface area contributed by atoms with Crippen LogP contribution in [0.2, 0.25) is 0 Å². The maximum absolute atomic E-state index is 12.5. The number of nitriles is 1. The van der Waals surface area contributed by atoms with E-state index >= 15 is 0 Å². The van der Waals surface area contributed by atoms with Gasteiger partial charge in [-0.15, -0.1) is 10.2 Å². The van der Waals surface area contributed by atoms with Gasteiger partial charge in [-0.25, -0.2) is 0 Å². The number of fused-ring (bicyclic) bond motifs is 3. The molecule has 31 heavy (non-hydrogen) atoms. The number of tetrazole rings is 1. The van der Waals surface area contributed by atoms with E-state index in [2.05, 4.69) is 25.9 Å². The summed E-state index contributed by atoms with van der Waals surface area (Å²) >= 11 is 0. The number of nitrogens with one attached hydrogen (secondary N) is 2. The number of anilines is 1. The molecule has 2 aromatic carbocycles. The van der Waals surface area contributed by atoms with Gasteiger partial charge in [0.05, 0.1) is 0 Å². The molecule has 0 radical (unpaired) electrons. The number of carbonyl (C=O) groups excluding carboxylic acids is 1. The zero-order valence-corrected chi connectivity index (χ0v) is 17.4. The van der Waals surface area contributed by atoms with Crippen molar-refractivity contribution >= 4 is 39.0 Å². The van der Waals surface area contributed by atoms with Crippen molar-refractivity contribution in [1.29, 1.82) is 5.26 Å². The van der Waals surface area contributed by atoms with Crippen LogP contribution in [-0.4, -0.2) is 36.8 Å². The summed E-state index contributed by atoms with van der Waals surface area (Å²) in [6, 6.07) is 15.8. The highest BCUT2D eigenvalue weighted by molar-refractivity contribution is 6.09. The molecule has 0 aliphatic carbocycles. The van der Waals surface area contributed by atoms with E-state index in [-0.39, 0.29) is 23.9 Å². The fourth-order valence-electron chi connectivity index (χ4n) is 3.39. The molecule has 0 aliphatic rings. The monoisotopic (exact) mass is 415 g/mol. The van der Waals surface area contributed by atoms with Crippen LogP contribution in [0.4, 0.5) is 5.69 Å². The number of esters is 1. The molecule has 2 N–H and O–H groups in total. The Hall–Kier alpha value is -4.19. The third kappa shape index (κ3) is 4.23. The van der Waals surface area contributed by atoms with Gasteiger partial charge in [-0.1, -0.05) is 18.2 Å². The van der Waals surface area contributed by atoms with Crippen molar-refractivity contribution < 1.29 is 9.53 Å². The third-order valence-corrected chi connectivity index (χ3v) is 4.57. The normalized spacial score (nSPS) is 12.1. The third-order valence-electron chi connectivity index (χ3n) is 4.57. The van der Waals surface area contributed by atoms with Gasteiger partial charge in [0.1, 0.15) is 23.8 Å². The first-order valence-electron chi connectivity index (χ1n) is 9.69. The summed E-state index contributed by atoms with van der Waals surface area (Å²) < 4.78 is 7.47. The van der Waals surface area contributed by atoms with Gasteiger partial charge < -0.3 is 14.6 Å². The molecule has 0 saturated carbocycles. The minimum absolute atomic E-state index is 0.115. The van der Waals surface area contributed by atoms with Crippen molar-refractivity contribution in [2.24, 2.45) is 0 Å². The van der Waals surface area contributed by atoms with Crippen LogP contribution in [0.3, 0.4) is 0 Å². The summed E-state index contributed by atoms with van der Waals surface area (Å²) in [4.78, 5) is 12.5. The van der Waals surface area contributed by atoms with Crippen LogP contribution in [-0.2, 0) is 16.1 Å². The Bertz CT molecular complexity index is 1320. The summed E-state index contributed by atoms with van der Waals surface area (Å²) in [6.45, 7) is 5.68. The molecule has 0 atom stereocenters. The molecule has 0 spiro atoms. The smallest absolute Gasteiger partial charge is 0.326 e. The van der Waals surface area contributed by atoms with Gasteiger partial charge in [0, 0.05) is 33.7 Å². The Balaban J connectivity index is 1.71. The SMILES string of the molecule is CC(C)(C)OC(=O)Cn1c2ccccc2c2cc(NC=C(C#N)c3nn[nH]n3)ccc21. The first-order chi connectivity index (χ1) is 14.9. The number of hydrogen-bond donors (Lipinski definition) is 2. The summed E-state index contributed by atoms with van der Waals surface area (Å²) in [5, 5.41) is 27.9. The van der Waals surface area contributed by atoms with Crippen LogP contribution in [0.15, 0.2) is 48.7 Å². The van der Waals surface area contributed by atoms with Gasteiger partial charge in [-0.05, 0) is 50.3 Å². The summed E-state index contributed by atoms with van der Waals surface area (Å²) in [5.74, 6) is -0.0795. The van der Waals surface area contributed by atoms with Crippen LogP contribution in [0.5, 0.6) is 0 Å². The summed E-state index contributed by atoms with van der Waals surface area (Å²) in [6.07, 6.45) is 1.53. The highest BCUT2D eigenvalue weighted by atomic mass is 16.6. The molecule has 0 fully saturated rings. The second-order valence-electron chi connectivity index (χ2n) is 7.97. The minimum atomic E-state index is -0.545. The maximum atomic E-state index is 12.5. The first-order valence-corrected chi connectivity index (χ1v) is 9.69. The largest absolute Gasteiger partial charge is 0.459 e. The standard InChI is InChI=1S/C22H21N7O2/c1-22(2,3)31-20(30)13-29-18-7-5-4-6-16(18)17-10-15(8-9-19(17)29)24-12-14(11-23)21-25-27-28-26-21/h4-10,12,24H,13H2,1-3H3,(H,25,26,27,28). The van der Waals surface area contributed by atoms with Crippen molar-refractivity contribution in [3.05, 3.63) is 54.5 Å². The molecule has 4 rings (SSSR count). The van der Waals surface area contributed by atoms with Gasteiger partial charge >= 0.3 is 5.97 Å². The highest BCUT2D eigenvalue weighted by Gasteiger charge is 2.19. The van der Waals surface area contributed by atoms with E-state index in [1.54, 1.807) is 0 Å². The molecular formula is C22H21N7O2. The highest BCUT2D eigenvalue weighted by Crippen LogP contribution is 2.31. The fourth-order valence-corrected chi connectivity index (χ4v) is 3.39. The molecule has 0 saturated heterocycles. The van der Waals surface area contributed by atoms with Crippen molar-refractivity contribution in [2.45, 2.75) is 32.9 Å². The molecule has 4 aromatic rings. The number of aromatic nitrogens is 5. The topological polar surface area (TPSA) is 122 Å². The zero-order chi connectivity index (χ0) is 22.0. The van der Waals surface area contributed by atoms with Crippen LogP contribution < -0.4 is 5.32 Å². The molecule has 156 valence electrons. The van der Waals surface area contributed by atoms with Crippen LogP contribution in [0, 0.1) is 11.3 Å². The number of nitrogens with zero attached hydrogens (tertiary/aromatic N) is 5. The summed E-state index contributed by atoms with van der Waals surface area (Å²) in [7, 11) is 0. The Morgan fingerprint density at radius 2 is 2.00 bits per heavy atom. The van der Waals surface area contributed by atoms with E-state index in [9.17, 15) is 10.1 Å². The lowest BCUT2D eigenvalue weighted by atomic mass is 10.1. The minimum Gasteiger partial charge on any atom is -0.459 e. The number of rotatable bonds is 5. The van der Waals surface area contributed by atoms with Gasteiger partial charge in [0.25, 0.3) is 0 Å². The fraction of sp³-hybridized carbons (Fsp3) is 0.227. The van der Waals surface area contributed by atoms with E-state index in [0.717, 1.165) is 27.5 Å². The van der Waals surface area contributed by atoms with Crippen molar-refractivity contribution in [3.63, 3.8) is 0 Å². The molecule has 2 aromatic heterocycles. The number of para-hydroxylation sites is 1. The molecule has 2 heterocycles. The van der Waals surface area contributed by atoms with Crippen LogP contribution >= 0.6 is 0 Å². The van der Waals surface area contributed by atoms with Crippen LogP contribution in [0.1, 0.15) is 26.6 Å². The van der Waals surface area contributed by atoms with Gasteiger partial charge in [0.2, 0.25) is 5.82 Å². The lowest BCUT2D eigenvalue weighted by Crippen LogP contribution is -2.26. The number of carbonyl (C=O) groups is 1. The van der Waals surface area contributed by atoms with Gasteiger partial charge in [-0.2, -0.15) is 10.5 Å². The van der Waals surface area contributed by atoms with Gasteiger partial charge in [0.15, 0.2) is 0 Å². The predicted molar refractivity (Wildman–Crippen MR) is 117 cm³/mol. The van der Waals surface area contributed by atoms with E-state index in [4.69, 9.17) is 4.74 Å². The lowest BCUT2D eigenvalue weighted by molar-refractivity contribution is -0.155. The number of hydrogen-bond acceptors (Lipinski definition) is 7. The van der Waals surface area contributed by atoms with E-state index in [0.29, 0.717) is 0 Å². The van der Waals surface area contributed by atoms with E-state index in [1.807, 2.05) is 73.9 Å². The molecule has 0 unspecified atom stereocenters. The summed E-state index contributed by atoms with van der Waals surface area (Å²) in [5.41, 5.74) is 2.35. The average molecular weight is 415 g/mol. The number of ether oxygens (including phenoxy) is 1. The first kappa shape index (κ1) is 20.1. The van der Waals surface area contributed by atoms with Crippen molar-refractivity contribution in [2.75, 3.05) is 5.32 Å². The Morgan fingerprint density at radius 1 is 1.23 bits per heavy atom. The van der Waals surface area contributed by atoms with Crippen LogP contribution in [0.25, 0.3) is 27.4 Å². The van der Waals surface area contributed by atoms with E-state index < -0.39 is 5.60 Å². The number of allylic oxidation sites excluding steroid dienone is 1. The average Bonchev–Trinajstić information content (AvgIpc) is 3.35. The van der Waals surface area contributed by atoms with Crippen molar-refractivity contribution in [1.82, 2.24) is 25.2 Å². The molecule has 0 aliphatic heterocycles. The quantitative estimate of drug-likeness (QED) is 0.377. The zero-order valence-electron chi connectivity index (χ0n) is 17.4. The second-order valence-corrected chi connectivity index (χ2v) is 7.97. The van der Waals surface area contributed by atoms with Gasteiger partial charge in [-0.3, -0.25) is 4.79 Å². The molecule has 9 nitrogen and oxygen atoms in total. The van der Waals surface area contributed by atoms with E-state index in [1.165, 1.54) is 6.20 Å². The predicted octanol–water partition coefficient (Wildman–Crippen LogP) is 3.63. The second kappa shape index (κ2) is 7.91. The Labute approximate surface area is 178 Å². The molecule has 9 heteroatoms. The number of H-pyrrole nitrogens is 1.